The van der Waals surface area contributed by atoms with Gasteiger partial charge in [0.15, 0.2) is 5.75 Å². The Kier molecular flexibility index (Phi) is 4.75. The largest absolute Gasteiger partial charge is 0.494 e. The summed E-state index contributed by atoms with van der Waals surface area (Å²) in [5.41, 5.74) is 3.36. The maximum absolute atomic E-state index is 12.9. The van der Waals surface area contributed by atoms with Crippen molar-refractivity contribution in [1.29, 1.82) is 0 Å². The minimum Gasteiger partial charge on any atom is -0.494 e. The van der Waals surface area contributed by atoms with E-state index >= 15 is 0 Å². The van der Waals surface area contributed by atoms with Crippen LogP contribution >= 0.6 is 0 Å². The zero-order valence-electron chi connectivity index (χ0n) is 16.7. The number of aromatic carboxylic acids is 1. The Hall–Kier alpha value is -4.07. The van der Waals surface area contributed by atoms with E-state index in [-0.39, 0.29) is 17.2 Å². The van der Waals surface area contributed by atoms with E-state index in [1.807, 2.05) is 36.2 Å². The number of hydrogen-bond acceptors (Lipinski definition) is 6. The lowest BCUT2D eigenvalue weighted by molar-refractivity contribution is 0.0693. The van der Waals surface area contributed by atoms with Crippen LogP contribution in [-0.2, 0) is 0 Å². The molecule has 1 aliphatic heterocycles. The van der Waals surface area contributed by atoms with Crippen molar-refractivity contribution in [3.8, 4) is 5.75 Å². The van der Waals surface area contributed by atoms with Gasteiger partial charge >= 0.3 is 5.97 Å². The van der Waals surface area contributed by atoms with Gasteiger partial charge in [-0.05, 0) is 24.3 Å². The van der Waals surface area contributed by atoms with Crippen molar-refractivity contribution in [2.75, 3.05) is 36.3 Å². The fourth-order valence-corrected chi connectivity index (χ4v) is 3.56. The van der Waals surface area contributed by atoms with Crippen molar-refractivity contribution in [2.45, 2.75) is 0 Å². The average Bonchev–Trinajstić information content (AvgIpc) is 2.83. The highest BCUT2D eigenvalue weighted by molar-refractivity contribution is 6.13. The molecule has 30 heavy (non-hydrogen) atoms. The zero-order chi connectivity index (χ0) is 21.4. The van der Waals surface area contributed by atoms with Crippen LogP contribution in [0, 0.1) is 0 Å². The summed E-state index contributed by atoms with van der Waals surface area (Å²) in [6.45, 7) is 0. The highest BCUT2D eigenvalue weighted by atomic mass is 16.5. The molecule has 0 atom stereocenters. The van der Waals surface area contributed by atoms with Crippen molar-refractivity contribution in [1.82, 2.24) is 4.98 Å². The van der Waals surface area contributed by atoms with Gasteiger partial charge in [0.1, 0.15) is 11.4 Å². The van der Waals surface area contributed by atoms with Crippen molar-refractivity contribution < 1.29 is 19.4 Å². The summed E-state index contributed by atoms with van der Waals surface area (Å²) in [5.74, 6) is -0.495. The molecule has 0 radical (unpaired) electrons. The van der Waals surface area contributed by atoms with Gasteiger partial charge in [-0.1, -0.05) is 18.2 Å². The predicted octanol–water partition coefficient (Wildman–Crippen LogP) is 3.89. The molecule has 1 aromatic heterocycles. The van der Waals surface area contributed by atoms with Crippen molar-refractivity contribution in [3.05, 3.63) is 65.9 Å². The number of aromatic nitrogens is 1. The fourth-order valence-electron chi connectivity index (χ4n) is 3.56. The summed E-state index contributed by atoms with van der Waals surface area (Å²) >= 11 is 0. The minimum absolute atomic E-state index is 0.0497. The Balaban J connectivity index is 1.79. The van der Waals surface area contributed by atoms with Gasteiger partial charge < -0.3 is 25.0 Å². The first-order valence-electron chi connectivity index (χ1n) is 9.20. The number of methoxy groups -OCH3 is 1. The monoisotopic (exact) mass is 404 g/mol. The number of fused-ring (bicyclic) bond motifs is 2. The Labute approximate surface area is 173 Å². The number of amides is 1. The van der Waals surface area contributed by atoms with Gasteiger partial charge in [-0.25, -0.2) is 9.78 Å². The topological polar surface area (TPSA) is 95.0 Å². The normalized spacial score (nSPS) is 12.7. The number of pyridine rings is 1. The van der Waals surface area contributed by atoms with E-state index < -0.39 is 5.97 Å². The Morgan fingerprint density at radius 3 is 2.53 bits per heavy atom. The van der Waals surface area contributed by atoms with Crippen LogP contribution in [0.5, 0.6) is 5.75 Å². The molecule has 0 saturated carbocycles. The number of carbonyl (C=O) groups is 2. The lowest BCUT2D eigenvalue weighted by atomic mass is 10.1. The lowest BCUT2D eigenvalue weighted by Crippen LogP contribution is -2.25. The van der Waals surface area contributed by atoms with Crippen molar-refractivity contribution in [2.24, 2.45) is 0 Å². The lowest BCUT2D eigenvalue weighted by Gasteiger charge is -2.23. The first-order valence-corrected chi connectivity index (χ1v) is 9.20. The van der Waals surface area contributed by atoms with Crippen LogP contribution in [-0.4, -0.2) is 43.2 Å². The highest BCUT2D eigenvalue weighted by Gasteiger charge is 2.27. The molecule has 2 N–H and O–H groups in total. The molecule has 0 bridgehead atoms. The van der Waals surface area contributed by atoms with Gasteiger partial charge in [0.05, 0.1) is 41.6 Å². The second-order valence-corrected chi connectivity index (χ2v) is 6.82. The number of para-hydroxylation sites is 2. The van der Waals surface area contributed by atoms with Crippen LogP contribution in [0.25, 0.3) is 0 Å². The number of nitrogens with zero attached hydrogens (tertiary/aromatic N) is 3. The highest BCUT2D eigenvalue weighted by Crippen LogP contribution is 2.40. The van der Waals surface area contributed by atoms with Gasteiger partial charge in [-0.15, -0.1) is 0 Å². The zero-order valence-corrected chi connectivity index (χ0v) is 16.7. The summed E-state index contributed by atoms with van der Waals surface area (Å²) in [4.78, 5) is 32.3. The number of ether oxygens (including phenoxy) is 1. The summed E-state index contributed by atoms with van der Waals surface area (Å²) in [7, 11) is 5.02. The van der Waals surface area contributed by atoms with Crippen LogP contribution in [0.3, 0.4) is 0 Å². The van der Waals surface area contributed by atoms with Crippen molar-refractivity contribution >= 4 is 40.4 Å². The molecule has 8 nitrogen and oxygen atoms in total. The van der Waals surface area contributed by atoms with E-state index in [0.717, 1.165) is 11.4 Å². The molecule has 2 aromatic carbocycles. The molecule has 0 unspecified atom stereocenters. The molecule has 1 amide bonds. The van der Waals surface area contributed by atoms with Gasteiger partial charge in [0.25, 0.3) is 5.91 Å². The first kappa shape index (κ1) is 19.3. The SMILES string of the molecule is COc1c(Nc2cc3c(cn2)N(C)C(=O)c2ccccc2N3C)cccc1C(=O)O. The van der Waals surface area contributed by atoms with Crippen LogP contribution in [0.1, 0.15) is 20.7 Å². The predicted molar refractivity (Wildman–Crippen MR) is 115 cm³/mol. The molecular formula is C22H20N4O4. The molecule has 4 rings (SSSR count). The molecule has 0 aliphatic carbocycles. The molecule has 1 aliphatic rings. The Bertz CT molecular complexity index is 1160. The van der Waals surface area contributed by atoms with E-state index in [1.165, 1.54) is 13.2 Å². The molecule has 152 valence electrons. The third-order valence-electron chi connectivity index (χ3n) is 5.10. The quantitative estimate of drug-likeness (QED) is 0.681. The molecule has 0 spiro atoms. The molecular weight excluding hydrogens is 384 g/mol. The summed E-state index contributed by atoms with van der Waals surface area (Å²) < 4.78 is 5.31. The number of rotatable bonds is 4. The van der Waals surface area contributed by atoms with Crippen LogP contribution in [0.4, 0.5) is 28.6 Å². The third-order valence-corrected chi connectivity index (χ3v) is 5.10. The molecule has 0 saturated heterocycles. The Morgan fingerprint density at radius 1 is 1.03 bits per heavy atom. The van der Waals surface area contributed by atoms with Crippen LogP contribution in [0.15, 0.2) is 54.7 Å². The third kappa shape index (κ3) is 3.08. The van der Waals surface area contributed by atoms with Gasteiger partial charge in [0, 0.05) is 20.2 Å². The number of carboxylic acid groups (broad SMARTS) is 1. The van der Waals surface area contributed by atoms with E-state index in [9.17, 15) is 14.7 Å². The number of benzene rings is 2. The van der Waals surface area contributed by atoms with Gasteiger partial charge in [-0.3, -0.25) is 4.79 Å². The number of carboxylic acids is 1. The molecule has 0 fully saturated rings. The average molecular weight is 404 g/mol. The molecule has 8 heteroatoms. The summed E-state index contributed by atoms with van der Waals surface area (Å²) in [6, 6.07) is 14.0. The fraction of sp³-hybridized carbons (Fsp3) is 0.136. The number of carbonyl (C=O) groups excluding carboxylic acids is 1. The smallest absolute Gasteiger partial charge is 0.339 e. The summed E-state index contributed by atoms with van der Waals surface area (Å²) in [5, 5.41) is 12.5. The molecule has 2 heterocycles. The Morgan fingerprint density at radius 2 is 1.80 bits per heavy atom. The summed E-state index contributed by atoms with van der Waals surface area (Å²) in [6.07, 6.45) is 1.62. The number of hydrogen-bond donors (Lipinski definition) is 2. The van der Waals surface area contributed by atoms with E-state index in [2.05, 4.69) is 10.3 Å². The molecule has 3 aromatic rings. The van der Waals surface area contributed by atoms with Crippen LogP contribution < -0.4 is 19.9 Å². The van der Waals surface area contributed by atoms with E-state index in [1.54, 1.807) is 36.3 Å². The van der Waals surface area contributed by atoms with Gasteiger partial charge in [0.2, 0.25) is 0 Å². The van der Waals surface area contributed by atoms with Gasteiger partial charge in [-0.2, -0.15) is 0 Å². The maximum atomic E-state index is 12.9. The van der Waals surface area contributed by atoms with E-state index in [4.69, 9.17) is 4.74 Å². The minimum atomic E-state index is -1.08. The van der Waals surface area contributed by atoms with E-state index in [0.29, 0.717) is 22.8 Å². The standard InChI is InChI=1S/C22H20N4O4/c1-25-16-10-5-4-7-13(16)21(27)26(2)18-12-23-19(11-17(18)25)24-15-9-6-8-14(22(28)29)20(15)30-3/h4-12H,1-3H3,(H,23,24)(H,28,29). The first-order chi connectivity index (χ1) is 14.4. The number of nitrogens with one attached hydrogen (secondary N) is 1. The maximum Gasteiger partial charge on any atom is 0.339 e. The number of anilines is 5. The van der Waals surface area contributed by atoms with Crippen molar-refractivity contribution in [3.63, 3.8) is 0 Å². The second kappa shape index (κ2) is 7.40. The van der Waals surface area contributed by atoms with Crippen LogP contribution in [0.2, 0.25) is 0 Å². The second-order valence-electron chi connectivity index (χ2n) is 6.82.